The smallest absolute Gasteiger partial charge is 0.209 e. The Labute approximate surface area is 62.2 Å². The zero-order chi connectivity index (χ0) is 7.56. The average molecular weight is 141 g/mol. The van der Waals surface area contributed by atoms with Gasteiger partial charge in [-0.2, -0.15) is 0 Å². The predicted molar refractivity (Wildman–Crippen MR) is 40.6 cm³/mol. The van der Waals surface area contributed by atoms with Crippen LogP contribution in [0.2, 0.25) is 0 Å². The van der Waals surface area contributed by atoms with Gasteiger partial charge in [0.1, 0.15) is 0 Å². The summed E-state index contributed by atoms with van der Waals surface area (Å²) < 4.78 is 0. The SMILES string of the molecule is CC1CC(CN(C)C=O)C1. The molecule has 0 saturated heterocycles. The molecule has 1 fully saturated rings. The lowest BCUT2D eigenvalue weighted by Crippen LogP contribution is -2.32. The van der Waals surface area contributed by atoms with Gasteiger partial charge < -0.3 is 4.90 Å². The summed E-state index contributed by atoms with van der Waals surface area (Å²) in [6, 6.07) is 0. The van der Waals surface area contributed by atoms with E-state index in [1.54, 1.807) is 4.90 Å². The van der Waals surface area contributed by atoms with Gasteiger partial charge in [0, 0.05) is 13.6 Å². The molecule has 10 heavy (non-hydrogen) atoms. The first kappa shape index (κ1) is 7.58. The molecule has 0 aliphatic heterocycles. The Bertz CT molecular complexity index is 118. The van der Waals surface area contributed by atoms with Gasteiger partial charge in [0.15, 0.2) is 0 Å². The number of hydrogen-bond donors (Lipinski definition) is 0. The summed E-state index contributed by atoms with van der Waals surface area (Å²) in [7, 11) is 1.84. The van der Waals surface area contributed by atoms with E-state index in [-0.39, 0.29) is 0 Å². The highest BCUT2D eigenvalue weighted by molar-refractivity contribution is 5.46. The van der Waals surface area contributed by atoms with Crippen LogP contribution in [0.3, 0.4) is 0 Å². The van der Waals surface area contributed by atoms with E-state index in [1.807, 2.05) is 7.05 Å². The topological polar surface area (TPSA) is 20.3 Å². The fraction of sp³-hybridized carbons (Fsp3) is 0.875. The minimum absolute atomic E-state index is 0.783. The van der Waals surface area contributed by atoms with Crippen molar-refractivity contribution in [3.8, 4) is 0 Å². The molecule has 1 aliphatic carbocycles. The standard InChI is InChI=1S/C8H15NO/c1-7-3-8(4-7)5-9(2)6-10/h6-8H,3-5H2,1-2H3. The lowest BCUT2D eigenvalue weighted by Gasteiger charge is -2.34. The molecule has 2 heteroatoms. The molecule has 0 aromatic carbocycles. The van der Waals surface area contributed by atoms with Crippen LogP contribution < -0.4 is 0 Å². The van der Waals surface area contributed by atoms with Crippen molar-refractivity contribution in [2.24, 2.45) is 11.8 Å². The third kappa shape index (κ3) is 1.72. The first-order valence-corrected chi connectivity index (χ1v) is 3.88. The molecule has 0 unspecified atom stereocenters. The van der Waals surface area contributed by atoms with Crippen LogP contribution >= 0.6 is 0 Å². The lowest BCUT2D eigenvalue weighted by molar-refractivity contribution is -0.118. The van der Waals surface area contributed by atoms with E-state index in [0.29, 0.717) is 0 Å². The van der Waals surface area contributed by atoms with Crippen molar-refractivity contribution in [1.82, 2.24) is 4.90 Å². The number of carbonyl (C=O) groups is 1. The van der Waals surface area contributed by atoms with Crippen LogP contribution in [-0.2, 0) is 4.79 Å². The number of amides is 1. The van der Waals surface area contributed by atoms with Crippen molar-refractivity contribution in [1.29, 1.82) is 0 Å². The third-order valence-electron chi connectivity index (χ3n) is 2.20. The highest BCUT2D eigenvalue weighted by Gasteiger charge is 2.25. The molecule has 0 bridgehead atoms. The Morgan fingerprint density at radius 1 is 1.60 bits per heavy atom. The molecule has 0 atom stereocenters. The van der Waals surface area contributed by atoms with E-state index in [4.69, 9.17) is 0 Å². The van der Waals surface area contributed by atoms with E-state index >= 15 is 0 Å². The van der Waals surface area contributed by atoms with Crippen LogP contribution in [0, 0.1) is 11.8 Å². The summed E-state index contributed by atoms with van der Waals surface area (Å²) >= 11 is 0. The highest BCUT2D eigenvalue weighted by Crippen LogP contribution is 2.32. The summed E-state index contributed by atoms with van der Waals surface area (Å²) in [5.74, 6) is 1.68. The zero-order valence-corrected chi connectivity index (χ0v) is 6.71. The molecule has 0 spiro atoms. The Morgan fingerprint density at radius 3 is 2.60 bits per heavy atom. The molecule has 1 rings (SSSR count). The van der Waals surface area contributed by atoms with Gasteiger partial charge in [-0.05, 0) is 24.7 Å². The van der Waals surface area contributed by atoms with Crippen molar-refractivity contribution in [2.45, 2.75) is 19.8 Å². The molecule has 0 heterocycles. The summed E-state index contributed by atoms with van der Waals surface area (Å²) in [4.78, 5) is 11.9. The first-order valence-electron chi connectivity index (χ1n) is 3.88. The van der Waals surface area contributed by atoms with Crippen LogP contribution in [-0.4, -0.2) is 24.9 Å². The number of rotatable bonds is 3. The minimum Gasteiger partial charge on any atom is -0.348 e. The summed E-state index contributed by atoms with van der Waals surface area (Å²) in [6.07, 6.45) is 3.51. The molecule has 1 aliphatic rings. The second kappa shape index (κ2) is 3.04. The Kier molecular flexibility index (Phi) is 2.30. The van der Waals surface area contributed by atoms with Crippen molar-refractivity contribution >= 4 is 6.41 Å². The second-order valence-corrected chi connectivity index (χ2v) is 3.49. The maximum atomic E-state index is 10.2. The average Bonchev–Trinajstić information content (AvgIpc) is 1.84. The van der Waals surface area contributed by atoms with E-state index < -0.39 is 0 Å². The van der Waals surface area contributed by atoms with Gasteiger partial charge in [0.2, 0.25) is 6.41 Å². The van der Waals surface area contributed by atoms with Gasteiger partial charge in [0.25, 0.3) is 0 Å². The summed E-state index contributed by atoms with van der Waals surface area (Å²) in [6.45, 7) is 3.21. The lowest BCUT2D eigenvalue weighted by atomic mass is 9.76. The fourth-order valence-electron chi connectivity index (χ4n) is 1.67. The van der Waals surface area contributed by atoms with Crippen LogP contribution in [0.1, 0.15) is 19.8 Å². The van der Waals surface area contributed by atoms with Crippen LogP contribution in [0.25, 0.3) is 0 Å². The van der Waals surface area contributed by atoms with Crippen molar-refractivity contribution in [3.05, 3.63) is 0 Å². The van der Waals surface area contributed by atoms with Gasteiger partial charge >= 0.3 is 0 Å². The van der Waals surface area contributed by atoms with Gasteiger partial charge in [-0.3, -0.25) is 4.79 Å². The largest absolute Gasteiger partial charge is 0.348 e. The summed E-state index contributed by atoms with van der Waals surface area (Å²) in [5, 5.41) is 0. The van der Waals surface area contributed by atoms with E-state index in [1.165, 1.54) is 12.8 Å². The van der Waals surface area contributed by atoms with E-state index in [2.05, 4.69) is 6.92 Å². The highest BCUT2D eigenvalue weighted by atomic mass is 16.1. The third-order valence-corrected chi connectivity index (χ3v) is 2.20. The molecule has 1 amide bonds. The molecule has 0 N–H and O–H groups in total. The molecular formula is C8H15NO. The van der Waals surface area contributed by atoms with Crippen LogP contribution in [0.5, 0.6) is 0 Å². The van der Waals surface area contributed by atoms with Gasteiger partial charge in [-0.25, -0.2) is 0 Å². The summed E-state index contributed by atoms with van der Waals surface area (Å²) in [5.41, 5.74) is 0. The van der Waals surface area contributed by atoms with Crippen molar-refractivity contribution in [2.75, 3.05) is 13.6 Å². The number of carbonyl (C=O) groups excluding carboxylic acids is 1. The fourth-order valence-corrected chi connectivity index (χ4v) is 1.67. The van der Waals surface area contributed by atoms with Gasteiger partial charge in [-0.15, -0.1) is 0 Å². The van der Waals surface area contributed by atoms with Crippen molar-refractivity contribution in [3.63, 3.8) is 0 Å². The Morgan fingerprint density at radius 2 is 2.20 bits per heavy atom. The van der Waals surface area contributed by atoms with Gasteiger partial charge in [-0.1, -0.05) is 6.92 Å². The van der Waals surface area contributed by atoms with Gasteiger partial charge in [0.05, 0.1) is 0 Å². The maximum absolute atomic E-state index is 10.2. The van der Waals surface area contributed by atoms with E-state index in [0.717, 1.165) is 24.8 Å². The monoisotopic (exact) mass is 141 g/mol. The van der Waals surface area contributed by atoms with Crippen LogP contribution in [0.15, 0.2) is 0 Å². The minimum atomic E-state index is 0.783. The number of hydrogen-bond acceptors (Lipinski definition) is 1. The Hall–Kier alpha value is -0.530. The molecule has 2 nitrogen and oxygen atoms in total. The molecule has 0 aromatic heterocycles. The Balaban J connectivity index is 2.10. The number of nitrogens with zero attached hydrogens (tertiary/aromatic N) is 1. The van der Waals surface area contributed by atoms with Crippen LogP contribution in [0.4, 0.5) is 0 Å². The predicted octanol–water partition coefficient (Wildman–Crippen LogP) is 1.12. The molecule has 0 aromatic rings. The molecule has 1 saturated carbocycles. The first-order chi connectivity index (χ1) is 4.72. The maximum Gasteiger partial charge on any atom is 0.209 e. The normalized spacial score (nSPS) is 31.0. The quantitative estimate of drug-likeness (QED) is 0.539. The van der Waals surface area contributed by atoms with Crippen molar-refractivity contribution < 1.29 is 4.79 Å². The zero-order valence-electron chi connectivity index (χ0n) is 6.71. The molecular weight excluding hydrogens is 126 g/mol. The molecule has 0 radical (unpaired) electrons. The molecule has 58 valence electrons. The second-order valence-electron chi connectivity index (χ2n) is 3.49. The van der Waals surface area contributed by atoms with E-state index in [9.17, 15) is 4.79 Å².